The summed E-state index contributed by atoms with van der Waals surface area (Å²) in [5, 5.41) is 14.1. The number of nitrogens with zero attached hydrogens (tertiary/aromatic N) is 6. The molecule has 0 saturated carbocycles. The molecule has 3 aromatic heterocycles. The number of hydrogen-bond acceptors (Lipinski definition) is 8. The average Bonchev–Trinajstić information content (AvgIpc) is 3.40. The molecule has 1 unspecified atom stereocenters. The number of aryl methyl sites for hydroxylation is 2. The maximum Gasteiger partial charge on any atom is 0.151 e. The van der Waals surface area contributed by atoms with Gasteiger partial charge in [-0.25, -0.2) is 17.9 Å². The highest BCUT2D eigenvalue weighted by molar-refractivity contribution is 14.2. The highest BCUT2D eigenvalue weighted by Gasteiger charge is 2.50. The minimum atomic E-state index is -2.89. The van der Waals surface area contributed by atoms with Crippen LogP contribution in [0, 0.1) is 19.3 Å². The zero-order valence-electron chi connectivity index (χ0n) is 21.3. The summed E-state index contributed by atoms with van der Waals surface area (Å²) in [7, 11) is -2.89. The number of sulfone groups is 1. The van der Waals surface area contributed by atoms with E-state index >= 15 is 0 Å². The van der Waals surface area contributed by atoms with Crippen molar-refractivity contribution in [3.8, 4) is 17.0 Å². The SMILES string of the molecule is Cc1cnnc(C)c1[C@@H](C)Oc1ccc2c(c1)c(-c1ccc(N3CC4(CCS(=O)(=O)C4)C3)nc1)nn2PI. The Morgan fingerprint density at radius 3 is 2.63 bits per heavy atom. The molecule has 5 heterocycles. The molecule has 0 amide bonds. The lowest BCUT2D eigenvalue weighted by Gasteiger charge is -2.48. The average molecular weight is 662 g/mol. The van der Waals surface area contributed by atoms with Crippen molar-refractivity contribution in [1.29, 1.82) is 0 Å². The second-order valence-corrected chi connectivity index (χ2v) is 14.6. The van der Waals surface area contributed by atoms with Gasteiger partial charge in [0.05, 0.1) is 35.3 Å². The summed E-state index contributed by atoms with van der Waals surface area (Å²) < 4.78 is 32.3. The molecule has 0 radical (unpaired) electrons. The van der Waals surface area contributed by atoms with Gasteiger partial charge in [-0.2, -0.15) is 15.3 Å². The number of hydrogen-bond donors (Lipinski definition) is 0. The molecule has 9 nitrogen and oxygen atoms in total. The van der Waals surface area contributed by atoms with Crippen LogP contribution in [0.1, 0.15) is 36.3 Å². The summed E-state index contributed by atoms with van der Waals surface area (Å²) in [6.45, 7) is 7.50. The largest absolute Gasteiger partial charge is 0.486 e. The molecule has 1 spiro atoms. The number of aromatic nitrogens is 5. The van der Waals surface area contributed by atoms with E-state index in [4.69, 9.17) is 14.8 Å². The summed E-state index contributed by atoms with van der Waals surface area (Å²) in [6, 6.07) is 10.1. The lowest BCUT2D eigenvalue weighted by molar-refractivity contribution is 0.225. The van der Waals surface area contributed by atoms with Crippen LogP contribution in [0.25, 0.3) is 22.2 Å². The fraction of sp³-hybridized carbons (Fsp3) is 0.385. The van der Waals surface area contributed by atoms with Gasteiger partial charge < -0.3 is 9.64 Å². The van der Waals surface area contributed by atoms with Crippen molar-refractivity contribution in [2.24, 2.45) is 5.41 Å². The van der Waals surface area contributed by atoms with Crippen LogP contribution in [0.4, 0.5) is 5.82 Å². The molecule has 2 atom stereocenters. The number of fused-ring (bicyclic) bond motifs is 1. The first-order valence-electron chi connectivity index (χ1n) is 12.4. The Morgan fingerprint density at radius 1 is 1.16 bits per heavy atom. The molecular weight excluding hydrogens is 634 g/mol. The van der Waals surface area contributed by atoms with E-state index < -0.39 is 9.84 Å². The number of ether oxygens (including phenoxy) is 1. The van der Waals surface area contributed by atoms with Crippen molar-refractivity contribution in [3.05, 3.63) is 59.5 Å². The third-order valence-electron chi connectivity index (χ3n) is 7.59. The van der Waals surface area contributed by atoms with Crippen LogP contribution in [0.15, 0.2) is 42.7 Å². The van der Waals surface area contributed by atoms with Crippen LogP contribution in [0.5, 0.6) is 5.75 Å². The monoisotopic (exact) mass is 662 g/mol. The molecule has 12 heteroatoms. The third kappa shape index (κ3) is 4.66. The first-order chi connectivity index (χ1) is 18.2. The molecule has 2 aliphatic heterocycles. The van der Waals surface area contributed by atoms with Gasteiger partial charge >= 0.3 is 0 Å². The minimum absolute atomic E-state index is 0.0910. The number of halogens is 1. The van der Waals surface area contributed by atoms with Crippen LogP contribution in [-0.4, -0.2) is 57.7 Å². The lowest BCUT2D eigenvalue weighted by atomic mass is 9.79. The summed E-state index contributed by atoms with van der Waals surface area (Å²) >= 11 is 2.34. The van der Waals surface area contributed by atoms with Gasteiger partial charge in [0.15, 0.2) is 9.84 Å². The molecule has 1 aromatic carbocycles. The molecule has 0 aliphatic carbocycles. The zero-order valence-corrected chi connectivity index (χ0v) is 25.3. The maximum atomic E-state index is 11.9. The Bertz CT molecular complexity index is 1620. The normalized spacial score (nSPS) is 18.9. The first-order valence-corrected chi connectivity index (χ1v) is 18.3. The molecule has 0 bridgehead atoms. The van der Waals surface area contributed by atoms with Crippen molar-refractivity contribution < 1.29 is 13.2 Å². The van der Waals surface area contributed by atoms with Crippen molar-refractivity contribution in [2.45, 2.75) is 33.3 Å². The van der Waals surface area contributed by atoms with Gasteiger partial charge in [-0.3, -0.25) is 0 Å². The number of pyridine rings is 1. The highest BCUT2D eigenvalue weighted by Crippen LogP contribution is 2.43. The molecule has 2 aliphatic rings. The van der Waals surface area contributed by atoms with Crippen molar-refractivity contribution >= 4 is 55.0 Å². The summed E-state index contributed by atoms with van der Waals surface area (Å²) in [4.78, 5) is 6.89. The van der Waals surface area contributed by atoms with Crippen LogP contribution in [0.2, 0.25) is 0 Å². The van der Waals surface area contributed by atoms with Gasteiger partial charge in [-0.05, 0) is 85.1 Å². The zero-order chi connectivity index (χ0) is 26.7. The first kappa shape index (κ1) is 25.9. The predicted octanol–water partition coefficient (Wildman–Crippen LogP) is 5.06. The Labute approximate surface area is 236 Å². The summed E-state index contributed by atoms with van der Waals surface area (Å²) in [5.41, 5.74) is 5.72. The van der Waals surface area contributed by atoms with E-state index in [1.807, 2.05) is 55.7 Å². The van der Waals surface area contributed by atoms with E-state index in [9.17, 15) is 8.42 Å². The van der Waals surface area contributed by atoms with Gasteiger partial charge in [-0.15, -0.1) is 0 Å². The Kier molecular flexibility index (Phi) is 6.59. The van der Waals surface area contributed by atoms with Crippen LogP contribution < -0.4 is 9.64 Å². The molecule has 4 aromatic rings. The standard InChI is InChI=1S/C26H28IN6O3PS/c1-16-11-29-30-17(2)24(16)18(3)36-20-5-6-22-21(10-20)25(31-33(22)37-27)19-4-7-23(28-12-19)32-13-26(14-32)8-9-38(34,35)15-26/h4-7,10-12,18,37H,8-9,13-15H2,1-3H3/t18-/m1/s1. The van der Waals surface area contributed by atoms with E-state index in [-0.39, 0.29) is 11.5 Å². The quantitative estimate of drug-likeness (QED) is 0.209. The Morgan fingerprint density at radius 2 is 1.97 bits per heavy atom. The smallest absolute Gasteiger partial charge is 0.151 e. The maximum absolute atomic E-state index is 11.9. The molecule has 198 valence electrons. The Balaban J connectivity index is 1.26. The molecule has 2 saturated heterocycles. The fourth-order valence-corrected chi connectivity index (χ4v) is 9.48. The fourth-order valence-electron chi connectivity index (χ4n) is 5.81. The molecule has 2 fully saturated rings. The molecule has 0 N–H and O–H groups in total. The van der Waals surface area contributed by atoms with E-state index in [0.717, 1.165) is 70.1 Å². The van der Waals surface area contributed by atoms with Gasteiger partial charge in [-0.1, -0.05) is 0 Å². The molecule has 38 heavy (non-hydrogen) atoms. The third-order valence-corrected chi connectivity index (χ3v) is 11.3. The van der Waals surface area contributed by atoms with Crippen LogP contribution in [0.3, 0.4) is 0 Å². The van der Waals surface area contributed by atoms with E-state index in [1.165, 1.54) is 0 Å². The number of rotatable bonds is 6. The van der Waals surface area contributed by atoms with Crippen LogP contribution >= 0.6 is 28.4 Å². The Hall–Kier alpha value is -2.37. The topological polar surface area (TPSA) is 103 Å². The van der Waals surface area contributed by atoms with Crippen LogP contribution in [-0.2, 0) is 9.84 Å². The molecule has 6 rings (SSSR count). The van der Waals surface area contributed by atoms with Crippen molar-refractivity contribution in [3.63, 3.8) is 0 Å². The highest BCUT2D eigenvalue weighted by atomic mass is 127. The predicted molar refractivity (Wildman–Crippen MR) is 159 cm³/mol. The number of benzene rings is 1. The van der Waals surface area contributed by atoms with E-state index in [0.29, 0.717) is 17.9 Å². The van der Waals surface area contributed by atoms with Gasteiger partial charge in [0.25, 0.3) is 0 Å². The van der Waals surface area contributed by atoms with Gasteiger partial charge in [0.1, 0.15) is 23.4 Å². The van der Waals surface area contributed by atoms with Crippen molar-refractivity contribution in [1.82, 2.24) is 24.7 Å². The van der Waals surface area contributed by atoms with E-state index in [1.54, 1.807) is 6.20 Å². The van der Waals surface area contributed by atoms with Gasteiger partial charge in [0.2, 0.25) is 0 Å². The van der Waals surface area contributed by atoms with Gasteiger partial charge in [0, 0.05) is 41.2 Å². The minimum Gasteiger partial charge on any atom is -0.486 e. The van der Waals surface area contributed by atoms with Crippen molar-refractivity contribution in [2.75, 3.05) is 29.5 Å². The summed E-state index contributed by atoms with van der Waals surface area (Å²) in [5.74, 6) is 2.25. The second-order valence-electron chi connectivity index (χ2n) is 10.4. The lowest BCUT2D eigenvalue weighted by Crippen LogP contribution is -2.57. The van der Waals surface area contributed by atoms with E-state index in [2.05, 4.69) is 43.2 Å². The second kappa shape index (κ2) is 9.67. The molecular formula is C26H28IN6O3PS. The summed E-state index contributed by atoms with van der Waals surface area (Å²) in [6.07, 6.45) is 4.66. The number of anilines is 1.